The number of aromatic nitrogens is 1. The quantitative estimate of drug-likeness (QED) is 0.734. The van der Waals surface area contributed by atoms with Gasteiger partial charge in [0, 0.05) is 22.5 Å². The number of rotatable bonds is 5. The molecule has 1 aromatic heterocycles. The molecule has 156 valence electrons. The van der Waals surface area contributed by atoms with Gasteiger partial charge in [0.05, 0.1) is 11.6 Å². The maximum Gasteiger partial charge on any atom is 0.278 e. The first-order chi connectivity index (χ1) is 14.7. The van der Waals surface area contributed by atoms with Crippen LogP contribution in [0.1, 0.15) is 41.8 Å². The van der Waals surface area contributed by atoms with Gasteiger partial charge in [-0.1, -0.05) is 24.3 Å². The Hall–Kier alpha value is -3.68. The first-order valence-corrected chi connectivity index (χ1v) is 10.5. The first-order valence-electron chi connectivity index (χ1n) is 9.66. The van der Waals surface area contributed by atoms with Crippen LogP contribution in [0.15, 0.2) is 53.9 Å². The average molecular weight is 431 g/mol. The number of nitrogens with zero attached hydrogens (tertiary/aromatic N) is 3. The van der Waals surface area contributed by atoms with Crippen molar-refractivity contribution in [2.45, 2.75) is 32.4 Å². The fraction of sp³-hybridized carbons (Fsp3) is 0.250. The molecule has 2 amide bonds. The van der Waals surface area contributed by atoms with Crippen molar-refractivity contribution in [3.8, 4) is 18.4 Å². The van der Waals surface area contributed by atoms with Crippen molar-refractivity contribution >= 4 is 28.8 Å². The van der Waals surface area contributed by atoms with Gasteiger partial charge in [-0.15, -0.1) is 17.8 Å². The Kier molecular flexibility index (Phi) is 6.39. The number of benzene rings is 1. The van der Waals surface area contributed by atoms with Crippen molar-refractivity contribution in [3.05, 3.63) is 70.2 Å². The van der Waals surface area contributed by atoms with Gasteiger partial charge in [0.2, 0.25) is 5.91 Å². The Morgan fingerprint density at radius 1 is 1.23 bits per heavy atom. The van der Waals surface area contributed by atoms with Crippen LogP contribution in [0.3, 0.4) is 0 Å². The molecule has 7 heteroatoms. The lowest BCUT2D eigenvalue weighted by Gasteiger charge is -2.35. The number of terminal acetylenes is 1. The second-order valence-electron chi connectivity index (χ2n) is 8.05. The van der Waals surface area contributed by atoms with Crippen LogP contribution in [0, 0.1) is 29.6 Å². The van der Waals surface area contributed by atoms with E-state index in [9.17, 15) is 9.59 Å². The second-order valence-corrected chi connectivity index (χ2v) is 8.91. The summed E-state index contributed by atoms with van der Waals surface area (Å²) in [4.78, 5) is 32.7. The third-order valence-electron chi connectivity index (χ3n) is 4.53. The Balaban J connectivity index is 2.12. The van der Waals surface area contributed by atoms with E-state index >= 15 is 0 Å². The van der Waals surface area contributed by atoms with E-state index in [0.717, 1.165) is 0 Å². The summed E-state index contributed by atoms with van der Waals surface area (Å²) in [5.41, 5.74) is 0.623. The fourth-order valence-corrected chi connectivity index (χ4v) is 3.83. The summed E-state index contributed by atoms with van der Waals surface area (Å²) in [5, 5.41) is 14.1. The third kappa shape index (κ3) is 5.09. The van der Waals surface area contributed by atoms with Gasteiger partial charge >= 0.3 is 0 Å². The van der Waals surface area contributed by atoms with Crippen LogP contribution in [0.25, 0.3) is 0 Å². The highest BCUT2D eigenvalue weighted by Gasteiger charge is 2.38. The molecule has 1 heterocycles. The highest BCUT2D eigenvalue weighted by atomic mass is 32.1. The highest BCUT2D eigenvalue weighted by molar-refractivity contribution is 7.10. The van der Waals surface area contributed by atoms with Crippen molar-refractivity contribution in [1.29, 1.82) is 5.26 Å². The van der Waals surface area contributed by atoms with Crippen LogP contribution in [0.5, 0.6) is 0 Å². The van der Waals surface area contributed by atoms with Gasteiger partial charge in [-0.05, 0) is 51.0 Å². The second kappa shape index (κ2) is 8.99. The van der Waals surface area contributed by atoms with Gasteiger partial charge in [0.1, 0.15) is 11.7 Å². The highest BCUT2D eigenvalue weighted by Crippen LogP contribution is 2.28. The fourth-order valence-electron chi connectivity index (χ4n) is 3.23. The zero-order valence-electron chi connectivity index (χ0n) is 17.5. The number of thiazole rings is 1. The summed E-state index contributed by atoms with van der Waals surface area (Å²) in [6.45, 7) is 5.65. The van der Waals surface area contributed by atoms with E-state index in [4.69, 9.17) is 11.7 Å². The van der Waals surface area contributed by atoms with Crippen molar-refractivity contribution in [1.82, 2.24) is 10.3 Å². The minimum atomic E-state index is -0.856. The molecule has 1 atom stereocenters. The Labute approximate surface area is 185 Å². The molecule has 6 nitrogen and oxygen atoms in total. The molecule has 1 aliphatic rings. The van der Waals surface area contributed by atoms with E-state index < -0.39 is 17.5 Å². The van der Waals surface area contributed by atoms with Gasteiger partial charge < -0.3 is 5.32 Å². The number of hydrogen-bond acceptors (Lipinski definition) is 5. The largest absolute Gasteiger partial charge is 0.350 e. The molecule has 1 N–H and O–H groups in total. The molecule has 31 heavy (non-hydrogen) atoms. The lowest BCUT2D eigenvalue weighted by atomic mass is 9.96. The van der Waals surface area contributed by atoms with Crippen LogP contribution in [0.2, 0.25) is 0 Å². The molecular formula is C24H22N4O2S. The molecule has 0 radical (unpaired) electrons. The molecule has 0 saturated carbocycles. The molecule has 0 aliphatic heterocycles. The zero-order chi connectivity index (χ0) is 22.6. The summed E-state index contributed by atoms with van der Waals surface area (Å²) in [6.07, 6.45) is 12.9. The number of amides is 2. The number of hydrogen-bond donors (Lipinski definition) is 1. The van der Waals surface area contributed by atoms with Crippen LogP contribution >= 0.6 is 11.3 Å². The Bertz CT molecular complexity index is 1110. The summed E-state index contributed by atoms with van der Waals surface area (Å²) in [7, 11) is 0. The van der Waals surface area contributed by atoms with Gasteiger partial charge in [-0.2, -0.15) is 5.26 Å². The molecule has 0 saturated heterocycles. The van der Waals surface area contributed by atoms with Crippen molar-refractivity contribution in [2.24, 2.45) is 5.92 Å². The molecule has 1 unspecified atom stereocenters. The number of nitriles is 1. The Morgan fingerprint density at radius 2 is 1.87 bits per heavy atom. The van der Waals surface area contributed by atoms with Crippen LogP contribution < -0.4 is 10.2 Å². The predicted molar refractivity (Wildman–Crippen MR) is 121 cm³/mol. The van der Waals surface area contributed by atoms with Gasteiger partial charge in [-0.3, -0.25) is 14.5 Å². The summed E-state index contributed by atoms with van der Waals surface area (Å²) in [6, 6.07) is 7.75. The normalized spacial score (nSPS) is 14.0. The molecule has 1 aromatic carbocycles. The number of anilines is 1. The minimum Gasteiger partial charge on any atom is -0.350 e. The first kappa shape index (κ1) is 22.0. The topological polar surface area (TPSA) is 86.1 Å². The van der Waals surface area contributed by atoms with Gasteiger partial charge in [0.15, 0.2) is 5.01 Å². The molecule has 1 aliphatic carbocycles. The van der Waals surface area contributed by atoms with Crippen LogP contribution in [-0.4, -0.2) is 28.4 Å². The lowest BCUT2D eigenvalue weighted by molar-refractivity contribution is -0.124. The van der Waals surface area contributed by atoms with E-state index in [1.807, 2.05) is 45.1 Å². The van der Waals surface area contributed by atoms with Crippen LogP contribution in [-0.2, 0) is 4.79 Å². The summed E-state index contributed by atoms with van der Waals surface area (Å²) >= 11 is 1.19. The van der Waals surface area contributed by atoms with E-state index in [1.54, 1.807) is 29.6 Å². The molecule has 0 bridgehead atoms. The Morgan fingerprint density at radius 3 is 2.39 bits per heavy atom. The number of carbonyl (C=O) groups excluding carboxylic acids is 2. The van der Waals surface area contributed by atoms with E-state index in [1.165, 1.54) is 16.2 Å². The maximum atomic E-state index is 13.6. The van der Waals surface area contributed by atoms with Crippen molar-refractivity contribution in [3.63, 3.8) is 0 Å². The predicted octanol–water partition coefficient (Wildman–Crippen LogP) is 3.67. The monoisotopic (exact) mass is 430 g/mol. The molecule has 2 aromatic rings. The third-order valence-corrected chi connectivity index (χ3v) is 5.30. The van der Waals surface area contributed by atoms with Crippen molar-refractivity contribution < 1.29 is 9.59 Å². The molecule has 0 spiro atoms. The number of carbonyl (C=O) groups is 2. The van der Waals surface area contributed by atoms with E-state index in [-0.39, 0.29) is 17.5 Å². The molecular weight excluding hydrogens is 408 g/mol. The van der Waals surface area contributed by atoms with E-state index in [2.05, 4.69) is 22.3 Å². The number of allylic oxidation sites excluding steroid dienone is 2. The smallest absolute Gasteiger partial charge is 0.278 e. The molecule has 3 rings (SSSR count). The zero-order valence-corrected chi connectivity index (χ0v) is 18.3. The maximum absolute atomic E-state index is 13.6. The minimum absolute atomic E-state index is 0.168. The number of nitrogens with one attached hydrogen (secondary N) is 1. The average Bonchev–Trinajstić information content (AvgIpc) is 3.42. The summed E-state index contributed by atoms with van der Waals surface area (Å²) in [5.74, 6) is 1.37. The van der Waals surface area contributed by atoms with Crippen molar-refractivity contribution in [2.75, 3.05) is 4.90 Å². The van der Waals surface area contributed by atoms with Gasteiger partial charge in [-0.25, -0.2) is 4.98 Å². The lowest BCUT2D eigenvalue weighted by Crippen LogP contribution is -2.56. The van der Waals surface area contributed by atoms with Crippen LogP contribution in [0.4, 0.5) is 5.69 Å². The standard InChI is InChI=1S/C24H22N4O2S/c1-5-20-26-19(15-31-20)23(30)28(18-12-10-16(14-25)11-13-18)21(17-8-6-7-9-17)22(29)27-24(2,3)4/h1,6-13,15,17,21H,2-4H3,(H,27,29). The summed E-state index contributed by atoms with van der Waals surface area (Å²) < 4.78 is 0. The van der Waals surface area contributed by atoms with E-state index in [0.29, 0.717) is 16.3 Å². The SMILES string of the molecule is C#Cc1nc(C(=O)N(c2ccc(C#N)cc2)C(C(=O)NC(C)(C)C)C2C=CC=C2)cs1. The molecule has 0 fully saturated rings. The van der Waals surface area contributed by atoms with Gasteiger partial charge in [0.25, 0.3) is 5.91 Å².